The number of carbonyl (C=O) groups excluding carboxylic acids is 1. The number of benzene rings is 2. The minimum atomic E-state index is -3.68. The van der Waals surface area contributed by atoms with Gasteiger partial charge in [0.05, 0.1) is 24.0 Å². The van der Waals surface area contributed by atoms with Crippen molar-refractivity contribution in [2.45, 2.75) is 36.6 Å². The number of piperidine rings is 1. The Morgan fingerprint density at radius 3 is 2.47 bits per heavy atom. The molecule has 0 spiro atoms. The molecule has 9 heteroatoms. The molecular formula is C25H30N2O6S. The van der Waals surface area contributed by atoms with E-state index in [2.05, 4.69) is 0 Å². The van der Waals surface area contributed by atoms with E-state index in [-0.39, 0.29) is 29.3 Å². The van der Waals surface area contributed by atoms with Crippen LogP contribution in [0.1, 0.15) is 37.3 Å². The molecule has 182 valence electrons. The average Bonchev–Trinajstić information content (AvgIpc) is 3.38. The highest BCUT2D eigenvalue weighted by Crippen LogP contribution is 2.39. The van der Waals surface area contributed by atoms with Gasteiger partial charge in [-0.1, -0.05) is 6.07 Å². The van der Waals surface area contributed by atoms with Gasteiger partial charge in [-0.15, -0.1) is 0 Å². The minimum Gasteiger partial charge on any atom is -0.497 e. The average molecular weight is 487 g/mol. The number of ether oxygens (including phenoxy) is 3. The number of sulfonamides is 1. The first-order chi connectivity index (χ1) is 16.5. The first-order valence-corrected chi connectivity index (χ1v) is 13.3. The van der Waals surface area contributed by atoms with Gasteiger partial charge < -0.3 is 19.1 Å². The number of methoxy groups -OCH3 is 1. The lowest BCUT2D eigenvalue weighted by atomic mass is 9.96. The van der Waals surface area contributed by atoms with Gasteiger partial charge in [0.1, 0.15) is 19.0 Å². The van der Waals surface area contributed by atoms with Crippen LogP contribution in [0.5, 0.6) is 17.2 Å². The fraction of sp³-hybridized carbons (Fsp3) is 0.480. The highest BCUT2D eigenvalue weighted by Gasteiger charge is 2.39. The zero-order valence-electron chi connectivity index (χ0n) is 19.3. The molecule has 3 aliphatic rings. The molecule has 3 aliphatic heterocycles. The molecule has 8 nitrogen and oxygen atoms in total. The predicted molar refractivity (Wildman–Crippen MR) is 126 cm³/mol. The molecule has 0 N–H and O–H groups in total. The summed E-state index contributed by atoms with van der Waals surface area (Å²) in [5, 5.41) is 0. The molecule has 0 aromatic heterocycles. The SMILES string of the molecule is COc1ccc(S(=O)(=O)N2CCC[C@@H](C(=O)N3CCC[C@@H]3c3ccc4c(c3)OCCO4)C2)cc1. The van der Waals surface area contributed by atoms with Crippen LogP contribution in [-0.4, -0.2) is 63.5 Å². The maximum atomic E-state index is 13.6. The van der Waals surface area contributed by atoms with Crippen molar-refractivity contribution in [2.24, 2.45) is 5.92 Å². The van der Waals surface area contributed by atoms with Crippen LogP contribution < -0.4 is 14.2 Å². The number of hydrogen-bond acceptors (Lipinski definition) is 6. The van der Waals surface area contributed by atoms with Crippen LogP contribution in [0.2, 0.25) is 0 Å². The van der Waals surface area contributed by atoms with Gasteiger partial charge >= 0.3 is 0 Å². The summed E-state index contributed by atoms with van der Waals surface area (Å²) in [6.45, 7) is 2.36. The van der Waals surface area contributed by atoms with Crippen molar-refractivity contribution in [3.8, 4) is 17.2 Å². The van der Waals surface area contributed by atoms with Crippen molar-refractivity contribution in [1.82, 2.24) is 9.21 Å². The molecule has 0 saturated carbocycles. The molecule has 2 aromatic rings. The lowest BCUT2D eigenvalue weighted by Crippen LogP contribution is -2.46. The van der Waals surface area contributed by atoms with Crippen molar-refractivity contribution >= 4 is 15.9 Å². The first kappa shape index (κ1) is 23.0. The van der Waals surface area contributed by atoms with Gasteiger partial charge in [-0.2, -0.15) is 4.31 Å². The fourth-order valence-electron chi connectivity index (χ4n) is 5.14. The molecule has 3 heterocycles. The van der Waals surface area contributed by atoms with Gasteiger partial charge in [0.15, 0.2) is 11.5 Å². The number of hydrogen-bond donors (Lipinski definition) is 0. The zero-order valence-corrected chi connectivity index (χ0v) is 20.1. The van der Waals surface area contributed by atoms with E-state index in [1.54, 1.807) is 31.4 Å². The first-order valence-electron chi connectivity index (χ1n) is 11.8. The second kappa shape index (κ2) is 9.46. The van der Waals surface area contributed by atoms with Gasteiger partial charge in [-0.3, -0.25) is 4.79 Å². The largest absolute Gasteiger partial charge is 0.497 e. The number of fused-ring (bicyclic) bond motifs is 1. The van der Waals surface area contributed by atoms with Crippen LogP contribution in [-0.2, 0) is 14.8 Å². The molecule has 0 aliphatic carbocycles. The van der Waals surface area contributed by atoms with Crippen molar-refractivity contribution in [3.63, 3.8) is 0 Å². The van der Waals surface area contributed by atoms with E-state index in [0.29, 0.717) is 44.9 Å². The van der Waals surface area contributed by atoms with E-state index in [1.807, 2.05) is 23.1 Å². The Morgan fingerprint density at radius 2 is 1.71 bits per heavy atom. The Kier molecular flexibility index (Phi) is 6.40. The van der Waals surface area contributed by atoms with Crippen LogP contribution in [0.4, 0.5) is 0 Å². The maximum absolute atomic E-state index is 13.6. The molecule has 2 atom stereocenters. The summed E-state index contributed by atoms with van der Waals surface area (Å²) in [5.74, 6) is 1.74. The molecule has 2 fully saturated rings. The van der Waals surface area contributed by atoms with Crippen LogP contribution in [0, 0.1) is 5.92 Å². The lowest BCUT2D eigenvalue weighted by molar-refractivity contribution is -0.137. The summed E-state index contributed by atoms with van der Waals surface area (Å²) in [6.07, 6.45) is 3.16. The highest BCUT2D eigenvalue weighted by molar-refractivity contribution is 7.89. The number of nitrogens with zero attached hydrogens (tertiary/aromatic N) is 2. The number of likely N-dealkylation sites (tertiary alicyclic amines) is 1. The number of amides is 1. The second-order valence-electron chi connectivity index (χ2n) is 8.97. The Labute approximate surface area is 200 Å². The van der Waals surface area contributed by atoms with E-state index in [0.717, 1.165) is 29.9 Å². The topological polar surface area (TPSA) is 85.4 Å². The van der Waals surface area contributed by atoms with Gasteiger partial charge in [-0.05, 0) is 67.6 Å². The van der Waals surface area contributed by atoms with Crippen LogP contribution >= 0.6 is 0 Å². The smallest absolute Gasteiger partial charge is 0.243 e. The van der Waals surface area contributed by atoms with E-state index in [9.17, 15) is 13.2 Å². The molecule has 0 unspecified atom stereocenters. The third-order valence-corrected chi connectivity index (χ3v) is 8.80. The van der Waals surface area contributed by atoms with E-state index in [4.69, 9.17) is 14.2 Å². The number of rotatable bonds is 5. The van der Waals surface area contributed by atoms with Gasteiger partial charge in [-0.25, -0.2) is 8.42 Å². The Hall–Kier alpha value is -2.78. The highest BCUT2D eigenvalue weighted by atomic mass is 32.2. The molecule has 2 saturated heterocycles. The normalized spacial score (nSPS) is 23.0. The van der Waals surface area contributed by atoms with Crippen LogP contribution in [0.25, 0.3) is 0 Å². The van der Waals surface area contributed by atoms with Crippen LogP contribution in [0.3, 0.4) is 0 Å². The van der Waals surface area contributed by atoms with Crippen molar-refractivity contribution in [3.05, 3.63) is 48.0 Å². The second-order valence-corrected chi connectivity index (χ2v) is 10.9. The van der Waals surface area contributed by atoms with E-state index in [1.165, 1.54) is 4.31 Å². The monoisotopic (exact) mass is 486 g/mol. The standard InChI is InChI=1S/C25H30N2O6S/c1-31-20-7-9-21(10-8-20)34(29,30)26-12-2-4-19(17-26)25(28)27-13-3-5-22(27)18-6-11-23-24(16-18)33-15-14-32-23/h6-11,16,19,22H,2-5,12-15,17H2,1H3/t19-,22-/m1/s1. The molecule has 2 aromatic carbocycles. The van der Waals surface area contributed by atoms with Crippen molar-refractivity contribution in [1.29, 1.82) is 0 Å². The molecule has 0 radical (unpaired) electrons. The summed E-state index contributed by atoms with van der Waals surface area (Å²) in [5.41, 5.74) is 1.04. The quantitative estimate of drug-likeness (QED) is 0.645. The molecule has 5 rings (SSSR count). The predicted octanol–water partition coefficient (Wildman–Crippen LogP) is 3.23. The van der Waals surface area contributed by atoms with Gasteiger partial charge in [0, 0.05) is 19.6 Å². The number of carbonyl (C=O) groups is 1. The summed E-state index contributed by atoms with van der Waals surface area (Å²) in [7, 11) is -2.13. The van der Waals surface area contributed by atoms with Gasteiger partial charge in [0.25, 0.3) is 0 Å². The summed E-state index contributed by atoms with van der Waals surface area (Å²) in [6, 6.07) is 12.3. The summed E-state index contributed by atoms with van der Waals surface area (Å²) >= 11 is 0. The zero-order chi connectivity index (χ0) is 23.7. The summed E-state index contributed by atoms with van der Waals surface area (Å²) in [4.78, 5) is 15.7. The maximum Gasteiger partial charge on any atom is 0.243 e. The third-order valence-electron chi connectivity index (χ3n) is 6.92. The molecule has 0 bridgehead atoms. The van der Waals surface area contributed by atoms with Crippen molar-refractivity contribution < 1.29 is 27.4 Å². The summed E-state index contributed by atoms with van der Waals surface area (Å²) < 4.78 is 44.4. The fourth-order valence-corrected chi connectivity index (χ4v) is 6.66. The Bertz CT molecular complexity index is 1150. The lowest BCUT2D eigenvalue weighted by Gasteiger charge is -2.35. The molecule has 1 amide bonds. The third kappa shape index (κ3) is 4.34. The van der Waals surface area contributed by atoms with Crippen LogP contribution in [0.15, 0.2) is 47.4 Å². The van der Waals surface area contributed by atoms with Gasteiger partial charge in [0.2, 0.25) is 15.9 Å². The molecular weight excluding hydrogens is 456 g/mol. The van der Waals surface area contributed by atoms with E-state index >= 15 is 0 Å². The molecule has 34 heavy (non-hydrogen) atoms. The minimum absolute atomic E-state index is 0.0306. The Balaban J connectivity index is 1.32. The Morgan fingerprint density at radius 1 is 0.971 bits per heavy atom. The van der Waals surface area contributed by atoms with E-state index < -0.39 is 10.0 Å². The van der Waals surface area contributed by atoms with Crippen molar-refractivity contribution in [2.75, 3.05) is 40.0 Å².